The summed E-state index contributed by atoms with van der Waals surface area (Å²) < 4.78 is 23.0. The highest BCUT2D eigenvalue weighted by atomic mass is 32.2. The van der Waals surface area contributed by atoms with E-state index < -0.39 is 33.6 Å². The van der Waals surface area contributed by atoms with Crippen LogP contribution in [0, 0.1) is 11.3 Å². The maximum Gasteiger partial charge on any atom is 0.319 e. The zero-order valence-electron chi connectivity index (χ0n) is 15.2. The van der Waals surface area contributed by atoms with Gasteiger partial charge < -0.3 is 16.0 Å². The lowest BCUT2D eigenvalue weighted by Gasteiger charge is -2.17. The van der Waals surface area contributed by atoms with Crippen molar-refractivity contribution in [1.29, 1.82) is 5.26 Å². The Morgan fingerprint density at radius 3 is 2.21 bits per heavy atom. The van der Waals surface area contributed by atoms with Gasteiger partial charge in [-0.15, -0.1) is 0 Å². The molecule has 0 aromatic heterocycles. The summed E-state index contributed by atoms with van der Waals surface area (Å²) in [6, 6.07) is 16.4. The second-order valence-corrected chi connectivity index (χ2v) is 8.25. The number of nitrogens with zero attached hydrogens (tertiary/aromatic N) is 1. The van der Waals surface area contributed by atoms with Gasteiger partial charge in [-0.1, -0.05) is 42.5 Å². The highest BCUT2D eigenvalue weighted by Gasteiger charge is 2.24. The molecule has 0 radical (unpaired) electrons. The van der Waals surface area contributed by atoms with Gasteiger partial charge in [0.2, 0.25) is 5.91 Å². The topological polar surface area (TPSA) is 128 Å². The fourth-order valence-corrected chi connectivity index (χ4v) is 3.28. The summed E-state index contributed by atoms with van der Waals surface area (Å²) in [5.41, 5.74) is 2.48. The first-order chi connectivity index (χ1) is 13.3. The van der Waals surface area contributed by atoms with E-state index >= 15 is 0 Å². The molecule has 1 atom stereocenters. The number of carbonyl (C=O) groups excluding carboxylic acids is 2. The summed E-state index contributed by atoms with van der Waals surface area (Å²) >= 11 is 0. The van der Waals surface area contributed by atoms with Crippen LogP contribution in [0.2, 0.25) is 0 Å². The van der Waals surface area contributed by atoms with Crippen molar-refractivity contribution in [2.75, 3.05) is 23.9 Å². The summed E-state index contributed by atoms with van der Waals surface area (Å²) in [4.78, 5) is 24.2. The van der Waals surface area contributed by atoms with Crippen molar-refractivity contribution >= 4 is 27.5 Å². The Labute approximate surface area is 163 Å². The zero-order valence-corrected chi connectivity index (χ0v) is 16.0. The van der Waals surface area contributed by atoms with E-state index in [2.05, 4.69) is 16.0 Å². The van der Waals surface area contributed by atoms with Gasteiger partial charge in [0.05, 0.1) is 11.8 Å². The Bertz CT molecular complexity index is 967. The van der Waals surface area contributed by atoms with Crippen molar-refractivity contribution in [1.82, 2.24) is 10.6 Å². The van der Waals surface area contributed by atoms with Crippen LogP contribution in [0.3, 0.4) is 0 Å². The smallest absolute Gasteiger partial charge is 0.319 e. The largest absolute Gasteiger partial charge is 0.341 e. The molecular weight excluding hydrogens is 380 g/mol. The molecule has 0 heterocycles. The average Bonchev–Trinajstić information content (AvgIpc) is 2.65. The van der Waals surface area contributed by atoms with Gasteiger partial charge in [0, 0.05) is 11.9 Å². The van der Waals surface area contributed by atoms with Crippen molar-refractivity contribution in [3.8, 4) is 17.2 Å². The molecule has 9 heteroatoms. The first kappa shape index (κ1) is 20.9. The van der Waals surface area contributed by atoms with Crippen LogP contribution < -0.4 is 16.0 Å². The maximum absolute atomic E-state index is 12.2. The highest BCUT2D eigenvalue weighted by Crippen LogP contribution is 2.20. The van der Waals surface area contributed by atoms with Gasteiger partial charge in [-0.05, 0) is 23.3 Å². The van der Waals surface area contributed by atoms with E-state index in [1.165, 1.54) is 0 Å². The summed E-state index contributed by atoms with van der Waals surface area (Å²) in [5, 5.41) is 15.7. The van der Waals surface area contributed by atoms with E-state index in [1.807, 2.05) is 42.5 Å². The number of rotatable bonds is 7. The lowest BCUT2D eigenvalue weighted by molar-refractivity contribution is -0.122. The summed E-state index contributed by atoms with van der Waals surface area (Å²) in [7, 11) is -3.53. The van der Waals surface area contributed by atoms with Crippen LogP contribution in [0.1, 0.15) is 0 Å². The van der Waals surface area contributed by atoms with E-state index in [0.29, 0.717) is 5.69 Å². The fourth-order valence-electron chi connectivity index (χ4n) is 2.44. The van der Waals surface area contributed by atoms with Gasteiger partial charge >= 0.3 is 6.03 Å². The number of hydrogen-bond donors (Lipinski definition) is 3. The minimum Gasteiger partial charge on any atom is -0.341 e. The standard InChI is InChI=1S/C19H20N4O4S/c1-28(26,27)13-17(18(24)21-12-11-20)23-19(25)22-16-9-7-15(8-10-16)14-5-3-2-4-6-14/h2-10,17H,12-13H2,1H3,(H,21,24)(H2,22,23,25). The summed E-state index contributed by atoms with van der Waals surface area (Å²) in [5.74, 6) is -1.33. The number of anilines is 1. The number of carbonyl (C=O) groups is 2. The normalized spacial score (nSPS) is 11.7. The summed E-state index contributed by atoms with van der Waals surface area (Å²) in [6.07, 6.45) is 0.958. The third-order valence-electron chi connectivity index (χ3n) is 3.68. The molecule has 8 nitrogen and oxygen atoms in total. The van der Waals surface area contributed by atoms with Gasteiger partial charge in [0.25, 0.3) is 0 Å². The molecule has 3 amide bonds. The van der Waals surface area contributed by atoms with Crippen LogP contribution in [-0.2, 0) is 14.6 Å². The van der Waals surface area contributed by atoms with Crippen LogP contribution in [-0.4, -0.2) is 45.0 Å². The van der Waals surface area contributed by atoms with Crippen LogP contribution >= 0.6 is 0 Å². The Morgan fingerprint density at radius 1 is 1.04 bits per heavy atom. The predicted molar refractivity (Wildman–Crippen MR) is 106 cm³/mol. The molecule has 0 fully saturated rings. The molecule has 0 aliphatic heterocycles. The number of nitriles is 1. The van der Waals surface area contributed by atoms with Crippen molar-refractivity contribution in [3.05, 3.63) is 54.6 Å². The number of hydrogen-bond acceptors (Lipinski definition) is 5. The zero-order chi connectivity index (χ0) is 20.6. The van der Waals surface area contributed by atoms with Gasteiger partial charge in [-0.2, -0.15) is 5.26 Å². The quantitative estimate of drug-likeness (QED) is 0.607. The molecule has 2 rings (SSSR count). The molecule has 0 aliphatic carbocycles. The van der Waals surface area contributed by atoms with Gasteiger partial charge in [-0.3, -0.25) is 4.79 Å². The maximum atomic E-state index is 12.2. The minimum atomic E-state index is -3.53. The second-order valence-electron chi connectivity index (χ2n) is 6.06. The molecular formula is C19H20N4O4S. The van der Waals surface area contributed by atoms with E-state index in [1.54, 1.807) is 18.2 Å². The Kier molecular flexibility index (Phi) is 7.12. The first-order valence-electron chi connectivity index (χ1n) is 8.34. The molecule has 0 saturated heterocycles. The van der Waals surface area contributed by atoms with Crippen molar-refractivity contribution in [3.63, 3.8) is 0 Å². The molecule has 2 aromatic rings. The molecule has 146 valence electrons. The third-order valence-corrected chi connectivity index (χ3v) is 4.62. The van der Waals surface area contributed by atoms with E-state index in [0.717, 1.165) is 17.4 Å². The first-order valence-corrected chi connectivity index (χ1v) is 10.4. The lowest BCUT2D eigenvalue weighted by Crippen LogP contribution is -2.51. The van der Waals surface area contributed by atoms with Crippen molar-refractivity contribution in [2.45, 2.75) is 6.04 Å². The van der Waals surface area contributed by atoms with Gasteiger partial charge in [0.1, 0.15) is 22.4 Å². The number of benzene rings is 2. The lowest BCUT2D eigenvalue weighted by atomic mass is 10.1. The molecule has 2 aromatic carbocycles. The van der Waals surface area contributed by atoms with Crippen LogP contribution in [0.25, 0.3) is 11.1 Å². The van der Waals surface area contributed by atoms with E-state index in [9.17, 15) is 18.0 Å². The van der Waals surface area contributed by atoms with Crippen LogP contribution in [0.5, 0.6) is 0 Å². The van der Waals surface area contributed by atoms with E-state index in [-0.39, 0.29) is 6.54 Å². The Hall–Kier alpha value is -3.38. The van der Waals surface area contributed by atoms with Crippen LogP contribution in [0.15, 0.2) is 54.6 Å². The molecule has 0 aliphatic rings. The van der Waals surface area contributed by atoms with Gasteiger partial charge in [-0.25, -0.2) is 13.2 Å². The monoisotopic (exact) mass is 400 g/mol. The van der Waals surface area contributed by atoms with Crippen molar-refractivity contribution in [2.24, 2.45) is 0 Å². The fraction of sp³-hybridized carbons (Fsp3) is 0.211. The SMILES string of the molecule is CS(=O)(=O)CC(NC(=O)Nc1ccc(-c2ccccc2)cc1)C(=O)NCC#N. The molecule has 0 bridgehead atoms. The number of nitrogens with one attached hydrogen (secondary N) is 3. The number of sulfone groups is 1. The summed E-state index contributed by atoms with van der Waals surface area (Å²) in [6.45, 7) is -0.288. The highest BCUT2D eigenvalue weighted by molar-refractivity contribution is 7.90. The molecule has 0 saturated carbocycles. The van der Waals surface area contributed by atoms with Crippen molar-refractivity contribution < 1.29 is 18.0 Å². The third kappa shape index (κ3) is 6.74. The van der Waals surface area contributed by atoms with E-state index in [4.69, 9.17) is 5.26 Å². The minimum absolute atomic E-state index is 0.288. The number of amides is 3. The predicted octanol–water partition coefficient (Wildman–Crippen LogP) is 1.53. The molecule has 28 heavy (non-hydrogen) atoms. The van der Waals surface area contributed by atoms with Crippen LogP contribution in [0.4, 0.5) is 10.5 Å². The number of urea groups is 1. The van der Waals surface area contributed by atoms with Gasteiger partial charge in [0.15, 0.2) is 0 Å². The molecule has 3 N–H and O–H groups in total. The molecule has 1 unspecified atom stereocenters. The average molecular weight is 400 g/mol. The Balaban J connectivity index is 2.03. The molecule has 0 spiro atoms. The second kappa shape index (κ2) is 9.53. The Morgan fingerprint density at radius 2 is 1.64 bits per heavy atom.